The van der Waals surface area contributed by atoms with E-state index in [9.17, 15) is 9.59 Å². The van der Waals surface area contributed by atoms with Gasteiger partial charge in [-0.2, -0.15) is 5.21 Å². The second-order valence-corrected chi connectivity index (χ2v) is 11.6. The quantitative estimate of drug-likeness (QED) is 0.232. The maximum Gasteiger partial charge on any atom is 0.240 e. The average Bonchev–Trinajstić information content (AvgIpc) is 3.64. The van der Waals surface area contributed by atoms with Crippen LogP contribution in [0.15, 0.2) is 60.9 Å². The Morgan fingerprint density at radius 1 is 0.935 bits per heavy atom. The van der Waals surface area contributed by atoms with Crippen molar-refractivity contribution in [2.24, 2.45) is 23.3 Å². The Hall–Kier alpha value is -4.46. The number of H-pyrrole nitrogens is 1. The van der Waals surface area contributed by atoms with Crippen LogP contribution in [0.3, 0.4) is 0 Å². The van der Waals surface area contributed by atoms with E-state index in [1.807, 2.05) is 48.8 Å². The van der Waals surface area contributed by atoms with Crippen molar-refractivity contribution in [3.05, 3.63) is 66.5 Å². The van der Waals surface area contributed by atoms with Gasteiger partial charge in [-0.1, -0.05) is 24.3 Å². The van der Waals surface area contributed by atoms with Crippen LogP contribution in [-0.2, 0) is 20.7 Å². The third-order valence-electron chi connectivity index (χ3n) is 8.80. The van der Waals surface area contributed by atoms with Gasteiger partial charge in [0.1, 0.15) is 6.04 Å². The van der Waals surface area contributed by atoms with Crippen molar-refractivity contribution in [2.75, 3.05) is 42.6 Å². The fourth-order valence-electron chi connectivity index (χ4n) is 6.13. The van der Waals surface area contributed by atoms with Crippen molar-refractivity contribution in [3.8, 4) is 22.5 Å². The number of hydrogen-bond acceptors (Lipinski definition) is 10. The minimum absolute atomic E-state index is 0. The summed E-state index contributed by atoms with van der Waals surface area (Å²) in [5, 5.41) is 14.1. The maximum atomic E-state index is 14.1. The van der Waals surface area contributed by atoms with Crippen molar-refractivity contribution in [1.82, 2.24) is 30.6 Å². The molecule has 14 heteroatoms. The molecule has 5 N–H and O–H groups in total. The Morgan fingerprint density at radius 3 is 2.17 bits per heavy atom. The van der Waals surface area contributed by atoms with Crippen LogP contribution < -0.4 is 21.3 Å². The third kappa shape index (κ3) is 7.49. The van der Waals surface area contributed by atoms with E-state index in [4.69, 9.17) is 16.2 Å². The molecule has 2 aliphatic rings. The summed E-state index contributed by atoms with van der Waals surface area (Å²) in [5.41, 5.74) is 16.0. The van der Waals surface area contributed by atoms with Crippen LogP contribution in [-0.4, -0.2) is 81.3 Å². The van der Waals surface area contributed by atoms with Gasteiger partial charge in [-0.15, -0.1) is 22.6 Å². The summed E-state index contributed by atoms with van der Waals surface area (Å²) < 4.78 is 5.42. The van der Waals surface area contributed by atoms with Gasteiger partial charge in [-0.05, 0) is 78.8 Å². The molecule has 1 saturated heterocycles. The number of amides is 2. The number of morpholine rings is 1. The number of anilines is 2. The number of aromatic amines is 1. The first-order chi connectivity index (χ1) is 22.0. The lowest BCUT2D eigenvalue weighted by molar-refractivity contribution is -0.127. The predicted octanol–water partition coefficient (Wildman–Crippen LogP) is 2.78. The molecule has 46 heavy (non-hydrogen) atoms. The fraction of sp³-hybridized carbons (Fsp3) is 0.406. The summed E-state index contributed by atoms with van der Waals surface area (Å²) in [6.45, 7) is 3.50. The van der Waals surface area contributed by atoms with Gasteiger partial charge in [0.2, 0.25) is 23.6 Å². The van der Waals surface area contributed by atoms with E-state index in [-0.39, 0.29) is 30.7 Å². The van der Waals surface area contributed by atoms with E-state index in [0.29, 0.717) is 43.1 Å². The van der Waals surface area contributed by atoms with E-state index in [2.05, 4.69) is 35.5 Å². The molecule has 2 aromatic carbocycles. The first-order valence-corrected chi connectivity index (χ1v) is 15.4. The van der Waals surface area contributed by atoms with Crippen LogP contribution in [0.1, 0.15) is 31.2 Å². The van der Waals surface area contributed by atoms with Crippen molar-refractivity contribution < 1.29 is 14.3 Å². The van der Waals surface area contributed by atoms with Crippen LogP contribution in [0.2, 0.25) is 0 Å². The smallest absolute Gasteiger partial charge is 0.240 e. The summed E-state index contributed by atoms with van der Waals surface area (Å²) in [4.78, 5) is 40.0. The highest BCUT2D eigenvalue weighted by Crippen LogP contribution is 2.33. The third-order valence-corrected chi connectivity index (χ3v) is 8.80. The molecule has 242 valence electrons. The number of aromatic nitrogens is 6. The summed E-state index contributed by atoms with van der Waals surface area (Å²) in [6, 6.07) is 14.2. The number of carbonyl (C=O) groups is 2. The van der Waals surface area contributed by atoms with E-state index in [1.165, 1.54) is 0 Å². The van der Waals surface area contributed by atoms with Gasteiger partial charge in [0.15, 0.2) is 0 Å². The summed E-state index contributed by atoms with van der Waals surface area (Å²) >= 11 is 0. The van der Waals surface area contributed by atoms with Crippen molar-refractivity contribution >= 4 is 35.9 Å². The number of primary amides is 1. The second-order valence-electron chi connectivity index (χ2n) is 11.6. The van der Waals surface area contributed by atoms with Crippen molar-refractivity contribution in [2.45, 2.75) is 38.1 Å². The van der Waals surface area contributed by atoms with E-state index in [0.717, 1.165) is 61.0 Å². The second kappa shape index (κ2) is 15.2. The number of nitrogens with one attached hydrogen (secondary N) is 1. The molecule has 2 fully saturated rings. The normalized spacial score (nSPS) is 18.8. The molecular weight excluding hydrogens is 608 g/mol. The molecule has 1 aliphatic carbocycles. The Bertz CT molecular complexity index is 1560. The highest BCUT2D eigenvalue weighted by Gasteiger charge is 2.36. The lowest BCUT2D eigenvalue weighted by atomic mass is 9.81. The van der Waals surface area contributed by atoms with Gasteiger partial charge < -0.3 is 21.1 Å². The Labute approximate surface area is 273 Å². The molecule has 3 heterocycles. The van der Waals surface area contributed by atoms with Gasteiger partial charge in [-0.3, -0.25) is 14.5 Å². The number of nitrogens with zero attached hydrogens (tertiary/aromatic N) is 7. The monoisotopic (exact) mass is 646 g/mol. The minimum Gasteiger partial charge on any atom is -0.378 e. The average molecular weight is 647 g/mol. The van der Waals surface area contributed by atoms with Gasteiger partial charge in [-0.25, -0.2) is 9.97 Å². The molecule has 1 atom stereocenters. The molecule has 0 unspecified atom stereocenters. The standard InChI is InChI=1S/C32H38N10O3.ClH/c33-18-22-3-7-25(8-4-22)31(44)42(27-11-9-24(10-12-27)30-37-39-40-38-30)28(29(34)43)17-21-1-5-23(6-2-21)26-19-35-32(36-20-26)41-13-15-45-16-14-41;/h1-2,5-6,9-12,19-20,22,25,28H,3-4,7-8,13-18,33H2,(H2,34,43)(H,37,38,39,40);1H/t22?,25?,28-;/m0./s1. The zero-order valence-electron chi connectivity index (χ0n) is 25.5. The largest absolute Gasteiger partial charge is 0.378 e. The van der Waals surface area contributed by atoms with Gasteiger partial charge in [0, 0.05) is 54.6 Å². The summed E-state index contributed by atoms with van der Waals surface area (Å²) in [7, 11) is 0. The molecule has 1 saturated carbocycles. The molecule has 6 rings (SSSR count). The lowest BCUT2D eigenvalue weighted by Crippen LogP contribution is -2.52. The molecule has 1 aliphatic heterocycles. The Morgan fingerprint density at radius 2 is 1.59 bits per heavy atom. The molecule has 4 aromatic rings. The van der Waals surface area contributed by atoms with Crippen molar-refractivity contribution in [1.29, 1.82) is 0 Å². The summed E-state index contributed by atoms with van der Waals surface area (Å²) in [6.07, 6.45) is 7.12. The maximum absolute atomic E-state index is 14.1. The highest BCUT2D eigenvalue weighted by molar-refractivity contribution is 6.01. The molecule has 0 radical (unpaired) electrons. The van der Waals surface area contributed by atoms with Crippen LogP contribution in [0.5, 0.6) is 0 Å². The van der Waals surface area contributed by atoms with Gasteiger partial charge in [0.25, 0.3) is 0 Å². The molecule has 2 aromatic heterocycles. The number of halogens is 1. The number of hydrogen-bond donors (Lipinski definition) is 3. The van der Waals surface area contributed by atoms with E-state index in [1.54, 1.807) is 17.0 Å². The number of rotatable bonds is 10. The Balaban J connectivity index is 0.00000417. The Kier molecular flexibility index (Phi) is 10.9. The zero-order valence-corrected chi connectivity index (χ0v) is 26.3. The van der Waals surface area contributed by atoms with Crippen LogP contribution in [0.25, 0.3) is 22.5 Å². The van der Waals surface area contributed by atoms with Gasteiger partial charge in [0.05, 0.1) is 13.2 Å². The lowest BCUT2D eigenvalue weighted by Gasteiger charge is -2.35. The van der Waals surface area contributed by atoms with Crippen molar-refractivity contribution in [3.63, 3.8) is 0 Å². The topological polar surface area (TPSA) is 182 Å². The fourth-order valence-corrected chi connectivity index (χ4v) is 6.13. The molecule has 0 spiro atoms. The minimum atomic E-state index is -0.886. The van der Waals surface area contributed by atoms with Gasteiger partial charge >= 0.3 is 0 Å². The number of ether oxygens (including phenoxy) is 1. The SMILES string of the molecule is Cl.NCC1CCC(C(=O)N(c2ccc(-c3nn[nH]n3)cc2)[C@@H](Cc2ccc(-c3cnc(N4CCOCC4)nc3)cc2)C(N)=O)CC1. The molecule has 0 bridgehead atoms. The number of tetrazole rings is 1. The number of carbonyl (C=O) groups excluding carboxylic acids is 2. The first-order valence-electron chi connectivity index (χ1n) is 15.4. The predicted molar refractivity (Wildman–Crippen MR) is 176 cm³/mol. The first kappa shape index (κ1) is 32.9. The highest BCUT2D eigenvalue weighted by atomic mass is 35.5. The van der Waals surface area contributed by atoms with E-state index < -0.39 is 11.9 Å². The molecular formula is C32H39ClN10O3. The van der Waals surface area contributed by atoms with E-state index >= 15 is 0 Å². The zero-order chi connectivity index (χ0) is 31.2. The molecule has 2 amide bonds. The number of nitrogens with two attached hydrogens (primary N) is 2. The molecule has 13 nitrogen and oxygen atoms in total. The summed E-state index contributed by atoms with van der Waals surface area (Å²) in [5.74, 6) is 0.660. The van der Waals surface area contributed by atoms with Crippen LogP contribution in [0.4, 0.5) is 11.6 Å². The van der Waals surface area contributed by atoms with Crippen LogP contribution in [0, 0.1) is 11.8 Å². The van der Waals surface area contributed by atoms with Crippen LogP contribution >= 0.6 is 12.4 Å². The number of benzene rings is 2.